The number of benzene rings is 1. The molecule has 0 aliphatic rings. The number of aromatic nitrogens is 1. The quantitative estimate of drug-likeness (QED) is 0.663. The molecular formula is C13H16N2. The Morgan fingerprint density at radius 1 is 1.07 bits per heavy atom. The van der Waals surface area contributed by atoms with Crippen molar-refractivity contribution in [3.8, 4) is 0 Å². The van der Waals surface area contributed by atoms with Crippen molar-refractivity contribution < 1.29 is 0 Å². The molecule has 2 heteroatoms. The first kappa shape index (κ1) is 9.97. The average molecular weight is 200 g/mol. The van der Waals surface area contributed by atoms with Gasteiger partial charge in [-0.3, -0.25) is 4.98 Å². The lowest BCUT2D eigenvalue weighted by Gasteiger charge is -2.17. The monoisotopic (exact) mass is 200 g/mol. The molecule has 0 aliphatic carbocycles. The van der Waals surface area contributed by atoms with Gasteiger partial charge in [0.1, 0.15) is 0 Å². The van der Waals surface area contributed by atoms with Crippen LogP contribution in [-0.4, -0.2) is 4.98 Å². The van der Waals surface area contributed by atoms with Gasteiger partial charge in [-0.2, -0.15) is 0 Å². The fourth-order valence-corrected chi connectivity index (χ4v) is 1.56. The van der Waals surface area contributed by atoms with Gasteiger partial charge < -0.3 is 5.73 Å². The Bertz CT molecular complexity index is 495. The molecule has 0 amide bonds. The van der Waals surface area contributed by atoms with Crippen molar-refractivity contribution >= 4 is 16.6 Å². The Morgan fingerprint density at radius 3 is 2.47 bits per heavy atom. The minimum Gasteiger partial charge on any atom is -0.399 e. The van der Waals surface area contributed by atoms with Crippen molar-refractivity contribution in [2.45, 2.75) is 26.2 Å². The number of fused-ring (bicyclic) bond motifs is 1. The number of anilines is 1. The molecule has 78 valence electrons. The largest absolute Gasteiger partial charge is 0.399 e. The molecule has 2 aromatic rings. The number of pyridine rings is 1. The molecule has 0 aliphatic heterocycles. The number of nitrogens with zero attached hydrogens (tertiary/aromatic N) is 1. The summed E-state index contributed by atoms with van der Waals surface area (Å²) in [6.07, 6.45) is 0. The highest BCUT2D eigenvalue weighted by molar-refractivity contribution is 5.82. The molecule has 2 rings (SSSR count). The van der Waals surface area contributed by atoms with Crippen molar-refractivity contribution in [3.63, 3.8) is 0 Å². The van der Waals surface area contributed by atoms with Crippen LogP contribution in [0.2, 0.25) is 0 Å². The van der Waals surface area contributed by atoms with Crippen molar-refractivity contribution in [2.75, 3.05) is 5.73 Å². The summed E-state index contributed by atoms with van der Waals surface area (Å²) in [4.78, 5) is 4.63. The van der Waals surface area contributed by atoms with Gasteiger partial charge in [-0.1, -0.05) is 26.8 Å². The zero-order valence-electron chi connectivity index (χ0n) is 9.41. The summed E-state index contributed by atoms with van der Waals surface area (Å²) in [5, 5.41) is 1.10. The fourth-order valence-electron chi connectivity index (χ4n) is 1.56. The Labute approximate surface area is 90.1 Å². The van der Waals surface area contributed by atoms with Crippen LogP contribution in [0.25, 0.3) is 10.9 Å². The summed E-state index contributed by atoms with van der Waals surface area (Å²) < 4.78 is 0. The molecule has 0 radical (unpaired) electrons. The van der Waals surface area contributed by atoms with Crippen LogP contribution in [0.3, 0.4) is 0 Å². The van der Waals surface area contributed by atoms with E-state index in [-0.39, 0.29) is 5.41 Å². The minimum atomic E-state index is 0.0928. The molecule has 0 fully saturated rings. The standard InChI is InChI=1S/C13H16N2/c1-13(2,3)12-7-4-9-8-10(14)5-6-11(9)15-12/h4-8H,14H2,1-3H3. The molecule has 0 spiro atoms. The van der Waals surface area contributed by atoms with Gasteiger partial charge >= 0.3 is 0 Å². The van der Waals surface area contributed by atoms with E-state index in [0.717, 1.165) is 22.3 Å². The Kier molecular flexibility index (Phi) is 2.14. The first-order chi connectivity index (χ1) is 6.97. The predicted octanol–water partition coefficient (Wildman–Crippen LogP) is 3.11. The zero-order valence-corrected chi connectivity index (χ0v) is 9.41. The molecule has 0 atom stereocenters. The van der Waals surface area contributed by atoms with Gasteiger partial charge in [-0.15, -0.1) is 0 Å². The Morgan fingerprint density at radius 2 is 1.80 bits per heavy atom. The number of hydrogen-bond donors (Lipinski definition) is 1. The molecule has 15 heavy (non-hydrogen) atoms. The summed E-state index contributed by atoms with van der Waals surface area (Å²) in [5.41, 5.74) is 8.72. The number of nitrogen functional groups attached to an aromatic ring is 1. The maximum Gasteiger partial charge on any atom is 0.0707 e. The molecule has 0 saturated carbocycles. The van der Waals surface area contributed by atoms with Gasteiger partial charge in [0.2, 0.25) is 0 Å². The van der Waals surface area contributed by atoms with Crippen LogP contribution in [0.5, 0.6) is 0 Å². The van der Waals surface area contributed by atoms with E-state index in [0.29, 0.717) is 0 Å². The molecule has 0 saturated heterocycles. The van der Waals surface area contributed by atoms with Crippen LogP contribution in [0.4, 0.5) is 5.69 Å². The first-order valence-corrected chi connectivity index (χ1v) is 5.13. The van der Waals surface area contributed by atoms with E-state index in [1.807, 2.05) is 18.2 Å². The first-order valence-electron chi connectivity index (χ1n) is 5.13. The van der Waals surface area contributed by atoms with Gasteiger partial charge in [0.25, 0.3) is 0 Å². The summed E-state index contributed by atoms with van der Waals surface area (Å²) in [5.74, 6) is 0. The van der Waals surface area contributed by atoms with Gasteiger partial charge in [-0.05, 0) is 24.3 Å². The smallest absolute Gasteiger partial charge is 0.0707 e. The molecule has 0 bridgehead atoms. The van der Waals surface area contributed by atoms with Crippen LogP contribution in [0.15, 0.2) is 30.3 Å². The maximum atomic E-state index is 5.72. The maximum absolute atomic E-state index is 5.72. The van der Waals surface area contributed by atoms with E-state index in [9.17, 15) is 0 Å². The SMILES string of the molecule is CC(C)(C)c1ccc2cc(N)ccc2n1. The van der Waals surface area contributed by atoms with Crippen LogP contribution in [0, 0.1) is 0 Å². The van der Waals surface area contributed by atoms with Crippen LogP contribution in [-0.2, 0) is 5.41 Å². The fraction of sp³-hybridized carbons (Fsp3) is 0.308. The van der Waals surface area contributed by atoms with E-state index in [1.54, 1.807) is 0 Å². The number of nitrogens with two attached hydrogens (primary N) is 1. The van der Waals surface area contributed by atoms with E-state index in [1.165, 1.54) is 0 Å². The Balaban J connectivity index is 2.62. The van der Waals surface area contributed by atoms with Crippen LogP contribution < -0.4 is 5.73 Å². The lowest BCUT2D eigenvalue weighted by molar-refractivity contribution is 0.571. The van der Waals surface area contributed by atoms with E-state index in [4.69, 9.17) is 5.73 Å². The average Bonchev–Trinajstić information content (AvgIpc) is 2.15. The summed E-state index contributed by atoms with van der Waals surface area (Å²) in [6.45, 7) is 6.50. The minimum absolute atomic E-state index is 0.0928. The van der Waals surface area contributed by atoms with Crippen molar-refractivity contribution in [2.24, 2.45) is 0 Å². The van der Waals surface area contributed by atoms with Crippen molar-refractivity contribution in [1.29, 1.82) is 0 Å². The second kappa shape index (κ2) is 3.23. The molecular weight excluding hydrogens is 184 g/mol. The zero-order chi connectivity index (χ0) is 11.1. The van der Waals surface area contributed by atoms with Gasteiger partial charge in [0.05, 0.1) is 5.52 Å². The van der Waals surface area contributed by atoms with Crippen molar-refractivity contribution in [3.05, 3.63) is 36.0 Å². The third-order valence-corrected chi connectivity index (χ3v) is 2.48. The molecule has 1 aromatic carbocycles. The normalized spacial score (nSPS) is 11.9. The lowest BCUT2D eigenvalue weighted by atomic mass is 9.91. The Hall–Kier alpha value is -1.57. The van der Waals surface area contributed by atoms with Gasteiger partial charge in [0, 0.05) is 22.2 Å². The molecule has 1 heterocycles. The summed E-state index contributed by atoms with van der Waals surface area (Å²) in [6, 6.07) is 9.97. The topological polar surface area (TPSA) is 38.9 Å². The predicted molar refractivity (Wildman–Crippen MR) is 64.9 cm³/mol. The van der Waals surface area contributed by atoms with Crippen LogP contribution >= 0.6 is 0 Å². The second-order valence-corrected chi connectivity index (χ2v) is 4.90. The highest BCUT2D eigenvalue weighted by atomic mass is 14.7. The third kappa shape index (κ3) is 1.94. The lowest BCUT2D eigenvalue weighted by Crippen LogP contribution is -2.13. The number of rotatable bonds is 0. The molecule has 1 aromatic heterocycles. The van der Waals surface area contributed by atoms with Crippen molar-refractivity contribution in [1.82, 2.24) is 4.98 Å². The van der Waals surface area contributed by atoms with Gasteiger partial charge in [-0.25, -0.2) is 0 Å². The highest BCUT2D eigenvalue weighted by Crippen LogP contribution is 2.23. The summed E-state index contributed by atoms with van der Waals surface area (Å²) in [7, 11) is 0. The summed E-state index contributed by atoms with van der Waals surface area (Å²) >= 11 is 0. The third-order valence-electron chi connectivity index (χ3n) is 2.48. The molecule has 2 N–H and O–H groups in total. The van der Waals surface area contributed by atoms with E-state index >= 15 is 0 Å². The number of hydrogen-bond acceptors (Lipinski definition) is 2. The highest BCUT2D eigenvalue weighted by Gasteiger charge is 2.15. The van der Waals surface area contributed by atoms with Gasteiger partial charge in [0.15, 0.2) is 0 Å². The van der Waals surface area contributed by atoms with Crippen LogP contribution in [0.1, 0.15) is 26.5 Å². The molecule has 2 nitrogen and oxygen atoms in total. The van der Waals surface area contributed by atoms with E-state index < -0.39 is 0 Å². The van der Waals surface area contributed by atoms with E-state index in [2.05, 4.69) is 37.9 Å². The second-order valence-electron chi connectivity index (χ2n) is 4.90. The molecule has 0 unspecified atom stereocenters.